The minimum absolute atomic E-state index is 0.140. The Morgan fingerprint density at radius 3 is 1.78 bits per heavy atom. The Hall–Kier alpha value is -2.26. The fourth-order valence-corrected chi connectivity index (χ4v) is 5.24. The summed E-state index contributed by atoms with van der Waals surface area (Å²) in [5.41, 5.74) is 2.06. The van der Waals surface area contributed by atoms with Crippen molar-refractivity contribution < 1.29 is 5.11 Å². The number of aliphatic hydroxyl groups is 1. The first-order valence-corrected chi connectivity index (χ1v) is 10.5. The molecule has 5 rings (SSSR count). The largest absolute Gasteiger partial charge is 0.395 e. The van der Waals surface area contributed by atoms with Crippen molar-refractivity contribution in [3.8, 4) is 0 Å². The van der Waals surface area contributed by atoms with Crippen molar-refractivity contribution in [2.45, 2.75) is 0 Å². The number of nitrogens with zero attached hydrogens (tertiary/aromatic N) is 5. The van der Waals surface area contributed by atoms with Crippen molar-refractivity contribution in [2.24, 2.45) is 0 Å². The van der Waals surface area contributed by atoms with Gasteiger partial charge in [-0.05, 0) is 24.3 Å². The lowest BCUT2D eigenvalue weighted by atomic mass is 10.3. The smallest absolute Gasteiger partial charge is 0.188 e. The van der Waals surface area contributed by atoms with E-state index in [9.17, 15) is 5.11 Å². The Bertz CT molecular complexity index is 930. The minimum Gasteiger partial charge on any atom is -0.395 e. The molecule has 0 atom stereocenters. The Morgan fingerprint density at radius 2 is 1.30 bits per heavy atom. The van der Waals surface area contributed by atoms with Gasteiger partial charge in [0.1, 0.15) is 0 Å². The summed E-state index contributed by atoms with van der Waals surface area (Å²) in [6, 6.07) is 16.5. The van der Waals surface area contributed by atoms with Crippen molar-refractivity contribution in [2.75, 3.05) is 43.0 Å². The zero-order chi connectivity index (χ0) is 18.2. The molecule has 0 amide bonds. The van der Waals surface area contributed by atoms with Gasteiger partial charge in [-0.2, -0.15) is 0 Å². The van der Waals surface area contributed by atoms with E-state index in [0.717, 1.165) is 41.3 Å². The van der Waals surface area contributed by atoms with Crippen LogP contribution >= 0.6 is 22.7 Å². The summed E-state index contributed by atoms with van der Waals surface area (Å²) in [5, 5.41) is 11.5. The Balaban J connectivity index is 1.48. The fraction of sp³-hybridized carbons (Fsp3) is 0.263. The van der Waals surface area contributed by atoms with Crippen LogP contribution in [0.15, 0.2) is 48.5 Å². The first-order valence-electron chi connectivity index (χ1n) is 8.84. The second-order valence-electron chi connectivity index (χ2n) is 6.55. The van der Waals surface area contributed by atoms with Crippen molar-refractivity contribution in [1.82, 2.24) is 14.9 Å². The molecule has 1 saturated heterocycles. The highest BCUT2D eigenvalue weighted by Gasteiger charge is 2.27. The van der Waals surface area contributed by atoms with E-state index in [1.807, 2.05) is 24.3 Å². The van der Waals surface area contributed by atoms with E-state index in [2.05, 4.69) is 39.0 Å². The van der Waals surface area contributed by atoms with Crippen LogP contribution in [0, 0.1) is 0 Å². The van der Waals surface area contributed by atoms with Gasteiger partial charge in [0.15, 0.2) is 10.3 Å². The second kappa shape index (κ2) is 7.05. The van der Waals surface area contributed by atoms with Crippen LogP contribution < -0.4 is 9.80 Å². The number of benzene rings is 2. The van der Waals surface area contributed by atoms with Crippen LogP contribution in [0.3, 0.4) is 0 Å². The van der Waals surface area contributed by atoms with Crippen molar-refractivity contribution in [3.05, 3.63) is 48.5 Å². The first kappa shape index (κ1) is 16.9. The van der Waals surface area contributed by atoms with Gasteiger partial charge in [0.05, 0.1) is 47.0 Å². The number of anilines is 2. The molecule has 1 fully saturated rings. The molecule has 6 nitrogen and oxygen atoms in total. The Kier molecular flexibility index (Phi) is 4.41. The molecule has 8 heteroatoms. The molecule has 0 bridgehead atoms. The average Bonchev–Trinajstić information content (AvgIpc) is 3.32. The molecular weight excluding hydrogens is 378 g/mol. The van der Waals surface area contributed by atoms with E-state index in [0.29, 0.717) is 6.54 Å². The molecule has 27 heavy (non-hydrogen) atoms. The number of rotatable bonds is 4. The third-order valence-electron chi connectivity index (χ3n) is 4.61. The van der Waals surface area contributed by atoms with E-state index in [1.54, 1.807) is 22.7 Å². The highest BCUT2D eigenvalue weighted by molar-refractivity contribution is 7.22. The van der Waals surface area contributed by atoms with E-state index in [1.165, 1.54) is 9.40 Å². The second-order valence-corrected chi connectivity index (χ2v) is 8.57. The molecule has 0 saturated carbocycles. The fourth-order valence-electron chi connectivity index (χ4n) is 3.34. The van der Waals surface area contributed by atoms with E-state index >= 15 is 0 Å². The lowest BCUT2D eigenvalue weighted by Gasteiger charge is -2.41. The van der Waals surface area contributed by atoms with Crippen LogP contribution in [0.5, 0.6) is 0 Å². The average molecular weight is 398 g/mol. The molecule has 3 heterocycles. The van der Waals surface area contributed by atoms with Crippen LogP contribution in [0.25, 0.3) is 20.4 Å². The molecular formula is C19H19N5OS2. The van der Waals surface area contributed by atoms with E-state index in [4.69, 9.17) is 9.97 Å². The normalized spacial score (nSPS) is 15.9. The maximum atomic E-state index is 9.46. The number of para-hydroxylation sites is 2. The molecule has 1 aliphatic rings. The summed E-state index contributed by atoms with van der Waals surface area (Å²) in [6.45, 7) is 3.01. The van der Waals surface area contributed by atoms with Gasteiger partial charge in [0.2, 0.25) is 0 Å². The Labute approximate surface area is 164 Å². The minimum atomic E-state index is 0.140. The van der Waals surface area contributed by atoms with Crippen LogP contribution in [0.2, 0.25) is 0 Å². The number of aromatic nitrogens is 2. The van der Waals surface area contributed by atoms with Gasteiger partial charge in [0, 0.05) is 6.54 Å². The number of hydrogen-bond acceptors (Lipinski definition) is 8. The zero-order valence-corrected chi connectivity index (χ0v) is 16.3. The van der Waals surface area contributed by atoms with Crippen LogP contribution in [0.4, 0.5) is 10.3 Å². The predicted octanol–water partition coefficient (Wildman–Crippen LogP) is 3.40. The van der Waals surface area contributed by atoms with Gasteiger partial charge >= 0.3 is 0 Å². The van der Waals surface area contributed by atoms with Gasteiger partial charge in [-0.15, -0.1) is 0 Å². The lowest BCUT2D eigenvalue weighted by Crippen LogP contribution is -2.55. The summed E-state index contributed by atoms with van der Waals surface area (Å²) in [6.07, 6.45) is 0. The predicted molar refractivity (Wildman–Crippen MR) is 113 cm³/mol. The third kappa shape index (κ3) is 3.25. The molecule has 0 radical (unpaired) electrons. The van der Waals surface area contributed by atoms with Gasteiger partial charge in [-0.1, -0.05) is 46.9 Å². The van der Waals surface area contributed by atoms with Gasteiger partial charge in [-0.25, -0.2) is 9.97 Å². The standard InChI is InChI=1S/C19H19N5OS2/c25-10-9-22-11-23(18-20-14-5-1-3-7-16(14)26-18)13-24(12-22)19-21-15-6-2-4-8-17(15)27-19/h1-8,25H,9-13H2. The molecule has 1 aliphatic heterocycles. The molecule has 2 aromatic carbocycles. The van der Waals surface area contributed by atoms with E-state index in [-0.39, 0.29) is 6.61 Å². The van der Waals surface area contributed by atoms with Gasteiger partial charge in [0.25, 0.3) is 0 Å². The molecule has 4 aromatic rings. The summed E-state index contributed by atoms with van der Waals surface area (Å²) in [7, 11) is 0. The highest BCUT2D eigenvalue weighted by atomic mass is 32.1. The SMILES string of the molecule is OCCN1CN(c2nc3ccccc3s2)CN(c2nc3ccccc3s2)C1. The first-order chi connectivity index (χ1) is 13.3. The number of fused-ring (bicyclic) bond motifs is 2. The topological polar surface area (TPSA) is 55.7 Å². The molecule has 138 valence electrons. The van der Waals surface area contributed by atoms with Crippen LogP contribution in [-0.4, -0.2) is 53.1 Å². The molecule has 2 aromatic heterocycles. The van der Waals surface area contributed by atoms with Crippen LogP contribution in [0.1, 0.15) is 0 Å². The molecule has 0 aliphatic carbocycles. The Morgan fingerprint density at radius 1 is 0.778 bits per heavy atom. The molecule has 0 unspecified atom stereocenters. The summed E-state index contributed by atoms with van der Waals surface area (Å²) < 4.78 is 2.39. The van der Waals surface area contributed by atoms with Crippen molar-refractivity contribution in [1.29, 1.82) is 0 Å². The van der Waals surface area contributed by atoms with Crippen molar-refractivity contribution >= 4 is 53.4 Å². The summed E-state index contributed by atoms with van der Waals surface area (Å²) in [4.78, 5) is 16.4. The monoisotopic (exact) mass is 397 g/mol. The lowest BCUT2D eigenvalue weighted by molar-refractivity contribution is 0.180. The maximum Gasteiger partial charge on any atom is 0.188 e. The van der Waals surface area contributed by atoms with Crippen molar-refractivity contribution in [3.63, 3.8) is 0 Å². The quantitative estimate of drug-likeness (QED) is 0.570. The van der Waals surface area contributed by atoms with Crippen LogP contribution in [-0.2, 0) is 0 Å². The number of β-amino-alcohol motifs (C(OH)–C–C–N with tert-alkyl or cyclic N) is 1. The van der Waals surface area contributed by atoms with Gasteiger partial charge in [-0.3, -0.25) is 4.90 Å². The summed E-state index contributed by atoms with van der Waals surface area (Å²) in [5.74, 6) is 0. The highest BCUT2D eigenvalue weighted by Crippen LogP contribution is 2.33. The van der Waals surface area contributed by atoms with E-state index < -0.39 is 0 Å². The zero-order valence-electron chi connectivity index (χ0n) is 14.7. The summed E-state index contributed by atoms with van der Waals surface area (Å²) >= 11 is 3.42. The number of thiazole rings is 2. The molecule has 1 N–H and O–H groups in total. The molecule has 0 spiro atoms. The number of hydrogen-bond donors (Lipinski definition) is 1. The van der Waals surface area contributed by atoms with Gasteiger partial charge < -0.3 is 14.9 Å². The maximum absolute atomic E-state index is 9.46. The number of aliphatic hydroxyl groups excluding tert-OH is 1. The third-order valence-corrected chi connectivity index (χ3v) is 6.80.